The minimum atomic E-state index is -1.33. The summed E-state index contributed by atoms with van der Waals surface area (Å²) >= 11 is 0. The Kier molecular flexibility index (Phi) is 7.19. The van der Waals surface area contributed by atoms with Crippen molar-refractivity contribution in [2.75, 3.05) is 0 Å². The number of hydrogen-bond donors (Lipinski definition) is 2. The van der Waals surface area contributed by atoms with Gasteiger partial charge >= 0.3 is 11.9 Å². The Morgan fingerprint density at radius 2 is 1.69 bits per heavy atom. The topological polar surface area (TPSA) is 128 Å². The van der Waals surface area contributed by atoms with Crippen molar-refractivity contribution in [3.63, 3.8) is 0 Å². The molecule has 2 aromatic rings. The second-order valence-electron chi connectivity index (χ2n) is 7.81. The van der Waals surface area contributed by atoms with E-state index in [1.165, 1.54) is 11.8 Å². The van der Waals surface area contributed by atoms with Crippen LogP contribution in [0.1, 0.15) is 30.0 Å². The van der Waals surface area contributed by atoms with Crippen LogP contribution in [0.5, 0.6) is 0 Å². The number of hydrogen-bond acceptors (Lipinski definition) is 5. The van der Waals surface area contributed by atoms with E-state index in [0.29, 0.717) is 6.42 Å². The fourth-order valence-electron chi connectivity index (χ4n) is 4.04. The number of carbonyl (C=O) groups excluding carboxylic acids is 1. The molecule has 168 valence electrons. The van der Waals surface area contributed by atoms with Gasteiger partial charge in [-0.2, -0.15) is 0 Å². The van der Waals surface area contributed by atoms with Crippen molar-refractivity contribution >= 4 is 17.8 Å². The molecule has 3 rings (SSSR count). The van der Waals surface area contributed by atoms with Crippen LogP contribution in [0.2, 0.25) is 0 Å². The maximum Gasteiger partial charge on any atom is 0.328 e. The van der Waals surface area contributed by atoms with Gasteiger partial charge in [-0.25, -0.2) is 14.6 Å². The van der Waals surface area contributed by atoms with Crippen LogP contribution in [0.3, 0.4) is 0 Å². The number of carboxylic acids is 2. The molecule has 0 spiro atoms. The Morgan fingerprint density at radius 1 is 1.06 bits per heavy atom. The second-order valence-corrected chi connectivity index (χ2v) is 7.81. The molecule has 1 aliphatic heterocycles. The smallest absolute Gasteiger partial charge is 0.328 e. The van der Waals surface area contributed by atoms with Gasteiger partial charge < -0.3 is 15.1 Å². The van der Waals surface area contributed by atoms with Crippen LogP contribution in [-0.4, -0.2) is 56.1 Å². The number of aryl methyl sites for hydroxylation is 1. The molecule has 0 bridgehead atoms. The molecule has 2 N–H and O–H groups in total. The summed E-state index contributed by atoms with van der Waals surface area (Å²) < 4.78 is 0. The van der Waals surface area contributed by atoms with Gasteiger partial charge in [0, 0.05) is 13.0 Å². The summed E-state index contributed by atoms with van der Waals surface area (Å²) in [5.41, 5.74) is 2.55. The largest absolute Gasteiger partial charge is 0.480 e. The molecule has 32 heavy (non-hydrogen) atoms. The van der Waals surface area contributed by atoms with Crippen molar-refractivity contribution in [3.8, 4) is 0 Å². The highest BCUT2D eigenvalue weighted by atomic mass is 16.4. The molecule has 1 amide bonds. The normalized spacial score (nSPS) is 17.0. The molecule has 0 saturated heterocycles. The highest BCUT2D eigenvalue weighted by Gasteiger charge is 2.40. The van der Waals surface area contributed by atoms with Crippen LogP contribution < -0.4 is 0 Å². The van der Waals surface area contributed by atoms with Crippen LogP contribution >= 0.6 is 0 Å². The second kappa shape index (κ2) is 10.0. The summed E-state index contributed by atoms with van der Waals surface area (Å²) in [4.78, 5) is 49.8. The van der Waals surface area contributed by atoms with E-state index in [1.54, 1.807) is 12.1 Å². The Bertz CT molecular complexity index is 996. The van der Waals surface area contributed by atoms with Gasteiger partial charge in [-0.15, -0.1) is 4.91 Å². The Morgan fingerprint density at radius 3 is 2.28 bits per heavy atom. The van der Waals surface area contributed by atoms with E-state index in [1.807, 2.05) is 42.5 Å². The number of nitrogens with zero attached hydrogens (tertiary/aromatic N) is 3. The quantitative estimate of drug-likeness (QED) is 0.454. The van der Waals surface area contributed by atoms with Crippen molar-refractivity contribution < 1.29 is 24.6 Å². The summed E-state index contributed by atoms with van der Waals surface area (Å²) in [6.45, 7) is 1.44. The number of fused-ring (bicyclic) bond motifs is 1. The molecule has 0 radical (unpaired) electrons. The lowest BCUT2D eigenvalue weighted by molar-refractivity contribution is -0.156. The zero-order valence-electron chi connectivity index (χ0n) is 17.6. The lowest BCUT2D eigenvalue weighted by atomic mass is 9.93. The predicted octanol–water partition coefficient (Wildman–Crippen LogP) is 2.48. The molecule has 1 heterocycles. The maximum absolute atomic E-state index is 13.3. The van der Waals surface area contributed by atoms with Gasteiger partial charge in [0.2, 0.25) is 5.91 Å². The van der Waals surface area contributed by atoms with Crippen LogP contribution in [-0.2, 0) is 33.8 Å². The molecule has 0 aromatic heterocycles. The summed E-state index contributed by atoms with van der Waals surface area (Å²) in [6.07, 6.45) is 0.572. The summed E-state index contributed by atoms with van der Waals surface area (Å²) in [7, 11) is 0. The summed E-state index contributed by atoms with van der Waals surface area (Å²) in [6, 6.07) is 12.7. The SMILES string of the molecule is C[C@@H](C(=O)N1Cc2ccccc2C[C@H]1C(=O)O)N(N=O)[C@@H](CCc1ccccc1)C(=O)O. The molecule has 0 saturated carbocycles. The van der Waals surface area contributed by atoms with Crippen molar-refractivity contribution in [1.29, 1.82) is 0 Å². The van der Waals surface area contributed by atoms with Crippen LogP contribution in [0.15, 0.2) is 59.9 Å². The van der Waals surface area contributed by atoms with Gasteiger partial charge in [0.1, 0.15) is 18.1 Å². The Hall–Kier alpha value is -3.75. The minimum absolute atomic E-state index is 0.0603. The van der Waals surface area contributed by atoms with Gasteiger partial charge in [-0.3, -0.25) is 4.79 Å². The fraction of sp³-hybridized carbons (Fsp3) is 0.348. The average molecular weight is 439 g/mol. The van der Waals surface area contributed by atoms with Crippen LogP contribution in [0, 0.1) is 4.91 Å². The molecule has 1 aliphatic rings. The lowest BCUT2D eigenvalue weighted by Crippen LogP contribution is -2.56. The van der Waals surface area contributed by atoms with E-state index in [0.717, 1.165) is 21.7 Å². The van der Waals surface area contributed by atoms with Crippen LogP contribution in [0.4, 0.5) is 0 Å². The first-order valence-electron chi connectivity index (χ1n) is 10.3. The van der Waals surface area contributed by atoms with Gasteiger partial charge in [0.25, 0.3) is 0 Å². The van der Waals surface area contributed by atoms with Crippen molar-refractivity contribution in [3.05, 3.63) is 76.2 Å². The summed E-state index contributed by atoms with van der Waals surface area (Å²) in [5, 5.41) is 23.0. The van der Waals surface area contributed by atoms with Crippen LogP contribution in [0.25, 0.3) is 0 Å². The number of carbonyl (C=O) groups is 3. The zero-order chi connectivity index (χ0) is 23.3. The van der Waals surface area contributed by atoms with E-state index in [9.17, 15) is 29.5 Å². The van der Waals surface area contributed by atoms with E-state index in [2.05, 4.69) is 5.29 Å². The molecular weight excluding hydrogens is 414 g/mol. The Labute approximate surface area is 185 Å². The molecule has 0 fully saturated rings. The van der Waals surface area contributed by atoms with Gasteiger partial charge in [0.05, 0.1) is 5.29 Å². The monoisotopic (exact) mass is 439 g/mol. The number of carboxylic acid groups (broad SMARTS) is 2. The van der Waals surface area contributed by atoms with E-state index < -0.39 is 36.0 Å². The molecule has 0 unspecified atom stereocenters. The van der Waals surface area contributed by atoms with Gasteiger partial charge in [-0.1, -0.05) is 54.6 Å². The Balaban J connectivity index is 1.81. The predicted molar refractivity (Wildman–Crippen MR) is 115 cm³/mol. The number of rotatable bonds is 9. The first kappa shape index (κ1) is 22.9. The molecule has 9 nitrogen and oxygen atoms in total. The van der Waals surface area contributed by atoms with Crippen molar-refractivity contribution in [2.24, 2.45) is 5.29 Å². The summed E-state index contributed by atoms with van der Waals surface area (Å²) in [5.74, 6) is -3.10. The maximum atomic E-state index is 13.3. The average Bonchev–Trinajstić information content (AvgIpc) is 2.80. The number of benzene rings is 2. The standard InChI is InChI=1S/C23H25N3O6/c1-15(26(24-32)19(22(28)29)12-11-16-7-3-2-4-8-16)21(27)25-14-18-10-6-5-9-17(18)13-20(25)23(30)31/h2-10,15,19-20H,11-14H2,1H3,(H,28,29)(H,30,31)/t15-,19-,20-/m0/s1. The number of aliphatic carboxylic acids is 2. The zero-order valence-corrected chi connectivity index (χ0v) is 17.6. The third-order valence-electron chi connectivity index (χ3n) is 5.82. The molecular formula is C23H25N3O6. The van der Waals surface area contributed by atoms with Gasteiger partial charge in [-0.05, 0) is 36.5 Å². The third kappa shape index (κ3) is 4.93. The van der Waals surface area contributed by atoms with Crippen molar-refractivity contribution in [1.82, 2.24) is 9.91 Å². The number of nitroso groups, excluding NO2 is 1. The highest BCUT2D eigenvalue weighted by molar-refractivity contribution is 5.88. The van der Waals surface area contributed by atoms with E-state index >= 15 is 0 Å². The lowest BCUT2D eigenvalue weighted by Gasteiger charge is -2.38. The minimum Gasteiger partial charge on any atom is -0.480 e. The highest BCUT2D eigenvalue weighted by Crippen LogP contribution is 2.26. The first-order valence-corrected chi connectivity index (χ1v) is 10.3. The van der Waals surface area contributed by atoms with E-state index in [4.69, 9.17) is 0 Å². The molecule has 2 aromatic carbocycles. The number of amides is 1. The van der Waals surface area contributed by atoms with E-state index in [-0.39, 0.29) is 19.4 Å². The molecule has 9 heteroatoms. The molecule has 0 aliphatic carbocycles. The third-order valence-corrected chi connectivity index (χ3v) is 5.82. The fourth-order valence-corrected chi connectivity index (χ4v) is 4.04. The first-order chi connectivity index (χ1) is 15.3. The van der Waals surface area contributed by atoms with Crippen molar-refractivity contribution in [2.45, 2.75) is 50.9 Å². The van der Waals surface area contributed by atoms with Gasteiger partial charge in [0.15, 0.2) is 0 Å². The molecule has 3 atom stereocenters.